The summed E-state index contributed by atoms with van der Waals surface area (Å²) in [6, 6.07) is 1.87. The second-order valence-electron chi connectivity index (χ2n) is 6.04. The molecule has 1 aliphatic rings. The van der Waals surface area contributed by atoms with Gasteiger partial charge in [-0.1, -0.05) is 0 Å². The van der Waals surface area contributed by atoms with Crippen LogP contribution in [0.4, 0.5) is 0 Å². The molecule has 23 heavy (non-hydrogen) atoms. The summed E-state index contributed by atoms with van der Waals surface area (Å²) in [6.45, 7) is 5.15. The van der Waals surface area contributed by atoms with Crippen LogP contribution in [-0.2, 0) is 23.1 Å². The molecule has 2 atom stereocenters. The van der Waals surface area contributed by atoms with Crippen molar-refractivity contribution in [2.45, 2.75) is 39.3 Å². The molecule has 0 radical (unpaired) electrons. The lowest BCUT2D eigenvalue weighted by atomic mass is 9.91. The summed E-state index contributed by atoms with van der Waals surface area (Å²) < 4.78 is 7.65. The molecule has 1 amide bonds. The van der Waals surface area contributed by atoms with Gasteiger partial charge in [-0.2, -0.15) is 10.2 Å². The monoisotopic (exact) mass is 317 g/mol. The van der Waals surface area contributed by atoms with E-state index in [1.54, 1.807) is 6.20 Å². The van der Waals surface area contributed by atoms with Crippen LogP contribution in [0.5, 0.6) is 0 Å². The van der Waals surface area contributed by atoms with Crippen LogP contribution in [0.2, 0.25) is 0 Å². The first-order valence-electron chi connectivity index (χ1n) is 7.95. The number of hydrogen-bond donors (Lipinski definition) is 2. The molecule has 0 unspecified atom stereocenters. The number of ether oxygens (including phenoxy) is 1. The number of amides is 1. The van der Waals surface area contributed by atoms with Crippen molar-refractivity contribution in [2.75, 3.05) is 6.61 Å². The average Bonchev–Trinajstić information content (AvgIpc) is 3.15. The van der Waals surface area contributed by atoms with Crippen molar-refractivity contribution >= 4 is 5.91 Å². The summed E-state index contributed by atoms with van der Waals surface area (Å²) in [5, 5.41) is 14.3. The molecule has 1 fully saturated rings. The molecule has 3 heterocycles. The van der Waals surface area contributed by atoms with Gasteiger partial charge in [-0.25, -0.2) is 0 Å². The normalized spacial score (nSPS) is 21.3. The fraction of sp³-hybridized carbons (Fsp3) is 0.562. The van der Waals surface area contributed by atoms with Crippen LogP contribution in [0.25, 0.3) is 0 Å². The summed E-state index contributed by atoms with van der Waals surface area (Å²) in [7, 11) is 1.91. The molecule has 3 rings (SSSR count). The summed E-state index contributed by atoms with van der Waals surface area (Å²) in [5.41, 5.74) is 3.97. The van der Waals surface area contributed by atoms with Gasteiger partial charge in [-0.3, -0.25) is 14.6 Å². The molecule has 2 aromatic rings. The first kappa shape index (κ1) is 15.7. The zero-order valence-corrected chi connectivity index (χ0v) is 13.8. The standard InChI is InChI=1S/C16H23N5O2/c1-10-13(11(2)21(3)20-10)9-17-16(22)12-5-4-8-23-15(12)14-6-7-18-19-14/h6-7,12,15H,4-5,8-9H2,1-3H3,(H,17,22)(H,18,19)/t12-,15-/m1/s1. The molecule has 2 aromatic heterocycles. The van der Waals surface area contributed by atoms with E-state index in [-0.39, 0.29) is 17.9 Å². The van der Waals surface area contributed by atoms with E-state index in [2.05, 4.69) is 20.6 Å². The number of nitrogens with zero attached hydrogens (tertiary/aromatic N) is 3. The highest BCUT2D eigenvalue weighted by molar-refractivity contribution is 5.79. The highest BCUT2D eigenvalue weighted by atomic mass is 16.5. The highest BCUT2D eigenvalue weighted by Crippen LogP contribution is 2.32. The lowest BCUT2D eigenvalue weighted by Gasteiger charge is -2.30. The molecule has 0 bridgehead atoms. The number of rotatable bonds is 4. The molecule has 0 spiro atoms. The zero-order valence-electron chi connectivity index (χ0n) is 13.8. The van der Waals surface area contributed by atoms with E-state index in [1.165, 1.54) is 0 Å². The van der Waals surface area contributed by atoms with Gasteiger partial charge in [0, 0.05) is 37.7 Å². The maximum Gasteiger partial charge on any atom is 0.226 e. The van der Waals surface area contributed by atoms with Gasteiger partial charge in [0.05, 0.1) is 17.3 Å². The zero-order chi connectivity index (χ0) is 16.4. The van der Waals surface area contributed by atoms with Crippen molar-refractivity contribution in [3.63, 3.8) is 0 Å². The van der Waals surface area contributed by atoms with Crippen molar-refractivity contribution < 1.29 is 9.53 Å². The third-order valence-electron chi connectivity index (χ3n) is 4.59. The number of carbonyl (C=O) groups is 1. The SMILES string of the molecule is Cc1nn(C)c(C)c1CNC(=O)[C@@H]1CCCO[C@H]1c1ccn[nH]1. The Bertz CT molecular complexity index is 677. The predicted molar refractivity (Wildman–Crippen MR) is 84.5 cm³/mol. The summed E-state index contributed by atoms with van der Waals surface area (Å²) in [4.78, 5) is 12.7. The Morgan fingerprint density at radius 1 is 1.52 bits per heavy atom. The van der Waals surface area contributed by atoms with Crippen LogP contribution in [0, 0.1) is 19.8 Å². The van der Waals surface area contributed by atoms with E-state index < -0.39 is 0 Å². The van der Waals surface area contributed by atoms with Crippen LogP contribution in [0.1, 0.15) is 41.6 Å². The second kappa shape index (κ2) is 6.54. The molecular formula is C16H23N5O2. The molecule has 0 aromatic carbocycles. The van der Waals surface area contributed by atoms with Gasteiger partial charge in [0.15, 0.2) is 0 Å². The van der Waals surface area contributed by atoms with Gasteiger partial charge in [-0.15, -0.1) is 0 Å². The van der Waals surface area contributed by atoms with Crippen molar-refractivity contribution in [2.24, 2.45) is 13.0 Å². The van der Waals surface area contributed by atoms with Crippen LogP contribution in [0.3, 0.4) is 0 Å². The number of carbonyl (C=O) groups excluding carboxylic acids is 1. The Hall–Kier alpha value is -2.15. The average molecular weight is 317 g/mol. The lowest BCUT2D eigenvalue weighted by molar-refractivity contribution is -0.135. The topological polar surface area (TPSA) is 84.8 Å². The number of aromatic nitrogens is 4. The minimum absolute atomic E-state index is 0.0203. The third-order valence-corrected chi connectivity index (χ3v) is 4.59. The Kier molecular flexibility index (Phi) is 4.47. The van der Waals surface area contributed by atoms with Gasteiger partial charge in [-0.05, 0) is 32.8 Å². The van der Waals surface area contributed by atoms with E-state index in [0.29, 0.717) is 13.2 Å². The molecule has 0 saturated carbocycles. The highest BCUT2D eigenvalue weighted by Gasteiger charge is 2.34. The molecule has 1 saturated heterocycles. The molecule has 7 heteroatoms. The van der Waals surface area contributed by atoms with Crippen LogP contribution in [-0.4, -0.2) is 32.5 Å². The quantitative estimate of drug-likeness (QED) is 0.896. The number of hydrogen-bond acceptors (Lipinski definition) is 4. The largest absolute Gasteiger partial charge is 0.371 e. The smallest absolute Gasteiger partial charge is 0.226 e. The first-order chi connectivity index (χ1) is 11.1. The summed E-state index contributed by atoms with van der Waals surface area (Å²) in [6.07, 6.45) is 3.15. The fourth-order valence-electron chi connectivity index (χ4n) is 3.16. The minimum atomic E-state index is -0.248. The number of aromatic amines is 1. The van der Waals surface area contributed by atoms with E-state index >= 15 is 0 Å². The van der Waals surface area contributed by atoms with Gasteiger partial charge < -0.3 is 10.1 Å². The fourth-order valence-corrected chi connectivity index (χ4v) is 3.16. The summed E-state index contributed by atoms with van der Waals surface area (Å²) >= 11 is 0. The lowest BCUT2D eigenvalue weighted by Crippen LogP contribution is -2.37. The number of nitrogens with one attached hydrogen (secondary N) is 2. The van der Waals surface area contributed by atoms with Crippen LogP contribution < -0.4 is 5.32 Å². The maximum absolute atomic E-state index is 12.7. The van der Waals surface area contributed by atoms with E-state index in [4.69, 9.17) is 4.74 Å². The number of H-pyrrole nitrogens is 1. The van der Waals surface area contributed by atoms with E-state index in [1.807, 2.05) is 31.6 Å². The summed E-state index contributed by atoms with van der Waals surface area (Å²) in [5.74, 6) is -0.173. The molecule has 2 N–H and O–H groups in total. The third kappa shape index (κ3) is 3.14. The molecular weight excluding hydrogens is 294 g/mol. The van der Waals surface area contributed by atoms with Crippen LogP contribution >= 0.6 is 0 Å². The minimum Gasteiger partial charge on any atom is -0.371 e. The second-order valence-corrected chi connectivity index (χ2v) is 6.04. The van der Waals surface area contributed by atoms with Crippen molar-refractivity contribution in [3.8, 4) is 0 Å². The van der Waals surface area contributed by atoms with Crippen molar-refractivity contribution in [3.05, 3.63) is 34.9 Å². The van der Waals surface area contributed by atoms with Crippen LogP contribution in [0.15, 0.2) is 12.3 Å². The molecule has 124 valence electrons. The van der Waals surface area contributed by atoms with Gasteiger partial charge in [0.1, 0.15) is 6.10 Å². The Labute approximate surface area is 135 Å². The molecule has 1 aliphatic heterocycles. The number of aryl methyl sites for hydroxylation is 2. The van der Waals surface area contributed by atoms with E-state index in [9.17, 15) is 4.79 Å². The Balaban J connectivity index is 1.69. The van der Waals surface area contributed by atoms with Crippen molar-refractivity contribution in [1.82, 2.24) is 25.3 Å². The van der Waals surface area contributed by atoms with Gasteiger partial charge in [0.2, 0.25) is 5.91 Å². The first-order valence-corrected chi connectivity index (χ1v) is 7.95. The van der Waals surface area contributed by atoms with E-state index in [0.717, 1.165) is 35.5 Å². The maximum atomic E-state index is 12.7. The molecule has 7 nitrogen and oxygen atoms in total. The Morgan fingerprint density at radius 2 is 2.35 bits per heavy atom. The van der Waals surface area contributed by atoms with Gasteiger partial charge >= 0.3 is 0 Å². The predicted octanol–water partition coefficient (Wildman–Crippen LogP) is 1.54. The molecule has 0 aliphatic carbocycles. The Morgan fingerprint density at radius 3 is 3.00 bits per heavy atom. The van der Waals surface area contributed by atoms with Gasteiger partial charge in [0.25, 0.3) is 0 Å². The van der Waals surface area contributed by atoms with Crippen molar-refractivity contribution in [1.29, 1.82) is 0 Å².